The average molecular weight is 371 g/mol. The van der Waals surface area contributed by atoms with E-state index >= 15 is 0 Å². The number of rotatable bonds is 5. The van der Waals surface area contributed by atoms with Gasteiger partial charge in [0.25, 0.3) is 0 Å². The van der Waals surface area contributed by atoms with Gasteiger partial charge in [-0.1, -0.05) is 18.2 Å². The molecule has 1 aliphatic heterocycles. The van der Waals surface area contributed by atoms with Crippen LogP contribution in [-0.2, 0) is 22.3 Å². The van der Waals surface area contributed by atoms with Crippen LogP contribution in [0.3, 0.4) is 0 Å². The molecule has 2 N–H and O–H groups in total. The lowest BCUT2D eigenvalue weighted by Gasteiger charge is -2.35. The van der Waals surface area contributed by atoms with Gasteiger partial charge in [-0.05, 0) is 38.4 Å². The Morgan fingerprint density at radius 1 is 1.38 bits per heavy atom. The van der Waals surface area contributed by atoms with Crippen LogP contribution in [0.5, 0.6) is 0 Å². The van der Waals surface area contributed by atoms with E-state index in [1.165, 1.54) is 6.07 Å². The van der Waals surface area contributed by atoms with Gasteiger partial charge in [0.2, 0.25) is 11.8 Å². The van der Waals surface area contributed by atoms with E-state index in [4.69, 9.17) is 5.73 Å². The van der Waals surface area contributed by atoms with Gasteiger partial charge in [-0.25, -0.2) is 0 Å². The summed E-state index contributed by atoms with van der Waals surface area (Å²) in [5, 5.41) is 0. The van der Waals surface area contributed by atoms with Crippen LogP contribution in [0.4, 0.5) is 13.2 Å². The number of nitrogens with two attached hydrogens (primary N) is 1. The Kier molecular flexibility index (Phi) is 6.28. The molecule has 5 nitrogen and oxygen atoms in total. The van der Waals surface area contributed by atoms with E-state index in [1.807, 2.05) is 0 Å². The molecule has 0 unspecified atom stereocenters. The van der Waals surface area contributed by atoms with Crippen molar-refractivity contribution in [1.29, 1.82) is 0 Å². The third kappa shape index (κ3) is 4.97. The van der Waals surface area contributed by atoms with Crippen LogP contribution < -0.4 is 5.73 Å². The SMILES string of the molecule is C[C@H](C(=O)N1CCC[C@@H](C(N)=O)C1)N(C)Cc1cccc(C(F)(F)F)c1. The third-order valence-corrected chi connectivity index (χ3v) is 4.84. The van der Waals surface area contributed by atoms with Gasteiger partial charge in [-0.2, -0.15) is 13.2 Å². The predicted molar refractivity (Wildman–Crippen MR) is 90.9 cm³/mol. The normalized spacial score (nSPS) is 19.5. The van der Waals surface area contributed by atoms with E-state index in [1.54, 1.807) is 29.8 Å². The molecular formula is C18H24F3N3O2. The van der Waals surface area contributed by atoms with Crippen molar-refractivity contribution < 1.29 is 22.8 Å². The van der Waals surface area contributed by atoms with Crippen molar-refractivity contribution in [2.24, 2.45) is 11.7 Å². The summed E-state index contributed by atoms with van der Waals surface area (Å²) in [6, 6.07) is 4.57. The monoisotopic (exact) mass is 371 g/mol. The van der Waals surface area contributed by atoms with E-state index in [9.17, 15) is 22.8 Å². The summed E-state index contributed by atoms with van der Waals surface area (Å²) in [5.74, 6) is -0.897. The van der Waals surface area contributed by atoms with Gasteiger partial charge < -0.3 is 10.6 Å². The standard InChI is InChI=1S/C18H24F3N3O2/c1-12(17(26)24-8-4-6-14(11-24)16(22)25)23(2)10-13-5-3-7-15(9-13)18(19,20)21/h3,5,7,9,12,14H,4,6,8,10-11H2,1-2H3,(H2,22,25)/t12-,14-/m1/s1. The molecule has 0 spiro atoms. The van der Waals surface area contributed by atoms with Crippen molar-refractivity contribution in [3.05, 3.63) is 35.4 Å². The number of hydrogen-bond donors (Lipinski definition) is 1. The highest BCUT2D eigenvalue weighted by Crippen LogP contribution is 2.29. The van der Waals surface area contributed by atoms with E-state index in [0.29, 0.717) is 31.5 Å². The minimum Gasteiger partial charge on any atom is -0.369 e. The zero-order chi connectivity index (χ0) is 19.5. The van der Waals surface area contributed by atoms with Crippen LogP contribution in [0.1, 0.15) is 30.9 Å². The summed E-state index contributed by atoms with van der Waals surface area (Å²) < 4.78 is 38.5. The Morgan fingerprint density at radius 2 is 2.08 bits per heavy atom. The zero-order valence-electron chi connectivity index (χ0n) is 14.9. The predicted octanol–water partition coefficient (Wildman–Crippen LogP) is 2.25. The van der Waals surface area contributed by atoms with Crippen LogP contribution in [0, 0.1) is 5.92 Å². The third-order valence-electron chi connectivity index (χ3n) is 4.84. The molecule has 1 aromatic carbocycles. The number of nitrogens with zero attached hydrogens (tertiary/aromatic N) is 2. The largest absolute Gasteiger partial charge is 0.416 e. The van der Waals surface area contributed by atoms with E-state index in [0.717, 1.165) is 12.1 Å². The molecule has 26 heavy (non-hydrogen) atoms. The molecule has 0 bridgehead atoms. The summed E-state index contributed by atoms with van der Waals surface area (Å²) in [5.41, 5.74) is 5.11. The quantitative estimate of drug-likeness (QED) is 0.863. The number of amides is 2. The molecule has 0 aliphatic carbocycles. The van der Waals surface area contributed by atoms with Crippen molar-refractivity contribution >= 4 is 11.8 Å². The molecule has 1 fully saturated rings. The average Bonchev–Trinajstić information content (AvgIpc) is 2.60. The minimum absolute atomic E-state index is 0.148. The van der Waals surface area contributed by atoms with Gasteiger partial charge in [0.1, 0.15) is 0 Å². The first-order valence-corrected chi connectivity index (χ1v) is 8.54. The zero-order valence-corrected chi connectivity index (χ0v) is 14.9. The number of primary amides is 1. The minimum atomic E-state index is -4.40. The summed E-state index contributed by atoms with van der Waals surface area (Å²) in [7, 11) is 1.69. The lowest BCUT2D eigenvalue weighted by molar-refractivity contribution is -0.140. The van der Waals surface area contributed by atoms with Crippen LogP contribution in [0.15, 0.2) is 24.3 Å². The van der Waals surface area contributed by atoms with Gasteiger partial charge >= 0.3 is 6.18 Å². The maximum Gasteiger partial charge on any atom is 0.416 e. The fourth-order valence-corrected chi connectivity index (χ4v) is 3.13. The number of benzene rings is 1. The Balaban J connectivity index is 2.01. The van der Waals surface area contributed by atoms with Crippen LogP contribution in [0.25, 0.3) is 0 Å². The molecule has 8 heteroatoms. The lowest BCUT2D eigenvalue weighted by Crippen LogP contribution is -2.50. The highest BCUT2D eigenvalue weighted by atomic mass is 19.4. The summed E-state index contributed by atoms with van der Waals surface area (Å²) >= 11 is 0. The molecule has 0 radical (unpaired) electrons. The topological polar surface area (TPSA) is 66.6 Å². The smallest absolute Gasteiger partial charge is 0.369 e. The number of likely N-dealkylation sites (N-methyl/N-ethyl adjacent to an activating group) is 1. The number of halogens is 3. The van der Waals surface area contributed by atoms with Crippen molar-refractivity contribution in [3.8, 4) is 0 Å². The summed E-state index contributed by atoms with van der Waals surface area (Å²) in [6.07, 6.45) is -3.01. The maximum absolute atomic E-state index is 12.8. The number of alkyl halides is 3. The fraction of sp³-hybridized carbons (Fsp3) is 0.556. The number of hydrogen-bond acceptors (Lipinski definition) is 3. The van der Waals surface area contributed by atoms with Crippen LogP contribution in [-0.4, -0.2) is 47.8 Å². The van der Waals surface area contributed by atoms with E-state index < -0.39 is 23.7 Å². The molecule has 1 saturated heterocycles. The Labute approximate surface area is 150 Å². The fourth-order valence-electron chi connectivity index (χ4n) is 3.13. The van der Waals surface area contributed by atoms with Gasteiger partial charge in [0.05, 0.1) is 17.5 Å². The molecule has 0 saturated carbocycles. The van der Waals surface area contributed by atoms with Gasteiger partial charge in [0.15, 0.2) is 0 Å². The van der Waals surface area contributed by atoms with Crippen molar-refractivity contribution in [2.75, 3.05) is 20.1 Å². The molecule has 2 atom stereocenters. The second kappa shape index (κ2) is 8.07. The molecule has 144 valence electrons. The van der Waals surface area contributed by atoms with Crippen molar-refractivity contribution in [3.63, 3.8) is 0 Å². The maximum atomic E-state index is 12.8. The van der Waals surface area contributed by atoms with Gasteiger partial charge in [0, 0.05) is 19.6 Å². The van der Waals surface area contributed by atoms with Crippen molar-refractivity contribution in [1.82, 2.24) is 9.80 Å². The number of carbonyl (C=O) groups is 2. The molecular weight excluding hydrogens is 347 g/mol. The highest BCUT2D eigenvalue weighted by molar-refractivity contribution is 5.83. The Hall–Kier alpha value is -2.09. The summed E-state index contributed by atoms with van der Waals surface area (Å²) in [6.45, 7) is 2.79. The molecule has 2 rings (SSSR count). The van der Waals surface area contributed by atoms with E-state index in [2.05, 4.69) is 0 Å². The van der Waals surface area contributed by atoms with Gasteiger partial charge in [-0.3, -0.25) is 14.5 Å². The first kappa shape index (κ1) is 20.2. The number of carbonyl (C=O) groups excluding carboxylic acids is 2. The number of likely N-dealkylation sites (tertiary alicyclic amines) is 1. The molecule has 0 aromatic heterocycles. The summed E-state index contributed by atoms with van der Waals surface area (Å²) in [4.78, 5) is 27.4. The molecule has 1 heterocycles. The molecule has 1 aliphatic rings. The first-order valence-electron chi connectivity index (χ1n) is 8.54. The van der Waals surface area contributed by atoms with Crippen molar-refractivity contribution in [2.45, 2.75) is 38.5 Å². The second-order valence-corrected chi connectivity index (χ2v) is 6.81. The van der Waals surface area contributed by atoms with Crippen LogP contribution in [0.2, 0.25) is 0 Å². The molecule has 1 aromatic rings. The Morgan fingerprint density at radius 3 is 2.69 bits per heavy atom. The van der Waals surface area contributed by atoms with Crippen LogP contribution >= 0.6 is 0 Å². The van der Waals surface area contributed by atoms with Gasteiger partial charge in [-0.15, -0.1) is 0 Å². The Bertz CT molecular complexity index is 663. The first-order chi connectivity index (χ1) is 12.1. The number of piperidine rings is 1. The molecule has 2 amide bonds. The second-order valence-electron chi connectivity index (χ2n) is 6.81. The highest BCUT2D eigenvalue weighted by Gasteiger charge is 2.32. The lowest BCUT2D eigenvalue weighted by atomic mass is 9.97. The van der Waals surface area contributed by atoms with E-state index in [-0.39, 0.29) is 18.4 Å².